The average Bonchev–Trinajstić information content (AvgIpc) is 2.76. The number of carbonyl (C=O) groups is 1. The fourth-order valence-electron chi connectivity index (χ4n) is 2.83. The van der Waals surface area contributed by atoms with Gasteiger partial charge in [-0.1, -0.05) is 12.8 Å². The first-order valence-electron chi connectivity index (χ1n) is 5.61. The van der Waals surface area contributed by atoms with E-state index in [1.165, 1.54) is 44.8 Å². The Kier molecular flexibility index (Phi) is 2.99. The second kappa shape index (κ2) is 4.23. The molecule has 13 heavy (non-hydrogen) atoms. The van der Waals surface area contributed by atoms with E-state index in [4.69, 9.17) is 0 Å². The van der Waals surface area contributed by atoms with Crippen molar-refractivity contribution in [1.29, 1.82) is 0 Å². The summed E-state index contributed by atoms with van der Waals surface area (Å²) < 4.78 is 0. The van der Waals surface area contributed by atoms with E-state index < -0.39 is 0 Å². The topological polar surface area (TPSA) is 20.3 Å². The first kappa shape index (κ1) is 9.20. The predicted octanol–water partition coefficient (Wildman–Crippen LogP) is 1.84. The third-order valence-electron chi connectivity index (χ3n) is 3.58. The SMILES string of the molecule is O=CC(C1CCCC1)N1CCCC1. The zero-order valence-electron chi connectivity index (χ0n) is 8.24. The second-order valence-corrected chi connectivity index (χ2v) is 4.41. The number of nitrogens with zero attached hydrogens (tertiary/aromatic N) is 1. The molecular weight excluding hydrogens is 162 g/mol. The number of hydrogen-bond donors (Lipinski definition) is 0. The fourth-order valence-corrected chi connectivity index (χ4v) is 2.83. The maximum atomic E-state index is 11.0. The average molecular weight is 181 g/mol. The minimum absolute atomic E-state index is 0.255. The molecule has 1 saturated heterocycles. The van der Waals surface area contributed by atoms with Gasteiger partial charge in [0.1, 0.15) is 6.29 Å². The van der Waals surface area contributed by atoms with Crippen LogP contribution in [0.1, 0.15) is 38.5 Å². The molecule has 1 saturated carbocycles. The van der Waals surface area contributed by atoms with Crippen molar-refractivity contribution in [2.45, 2.75) is 44.6 Å². The van der Waals surface area contributed by atoms with Crippen molar-refractivity contribution in [2.75, 3.05) is 13.1 Å². The Morgan fingerprint density at radius 2 is 1.69 bits per heavy atom. The largest absolute Gasteiger partial charge is 0.302 e. The summed E-state index contributed by atoms with van der Waals surface area (Å²) in [5.41, 5.74) is 0. The summed E-state index contributed by atoms with van der Waals surface area (Å²) in [6.07, 6.45) is 9.00. The van der Waals surface area contributed by atoms with Crippen molar-refractivity contribution in [1.82, 2.24) is 4.90 Å². The minimum Gasteiger partial charge on any atom is -0.302 e. The van der Waals surface area contributed by atoms with Crippen molar-refractivity contribution in [3.8, 4) is 0 Å². The van der Waals surface area contributed by atoms with E-state index in [0.29, 0.717) is 5.92 Å². The number of hydrogen-bond acceptors (Lipinski definition) is 2. The lowest BCUT2D eigenvalue weighted by Gasteiger charge is -2.27. The van der Waals surface area contributed by atoms with Gasteiger partial charge in [0, 0.05) is 0 Å². The van der Waals surface area contributed by atoms with Gasteiger partial charge in [0.25, 0.3) is 0 Å². The molecule has 0 radical (unpaired) electrons. The lowest BCUT2D eigenvalue weighted by Crippen LogP contribution is -2.39. The molecule has 1 heterocycles. The summed E-state index contributed by atoms with van der Waals surface area (Å²) in [6, 6.07) is 0.255. The number of likely N-dealkylation sites (tertiary alicyclic amines) is 1. The van der Waals surface area contributed by atoms with Gasteiger partial charge < -0.3 is 4.79 Å². The highest BCUT2D eigenvalue weighted by molar-refractivity contribution is 5.58. The number of rotatable bonds is 3. The molecule has 0 N–H and O–H groups in total. The van der Waals surface area contributed by atoms with Crippen LogP contribution in [0.15, 0.2) is 0 Å². The van der Waals surface area contributed by atoms with Gasteiger partial charge in [-0.3, -0.25) is 4.90 Å². The summed E-state index contributed by atoms with van der Waals surface area (Å²) in [6.45, 7) is 2.31. The molecule has 0 aromatic carbocycles. The first-order valence-corrected chi connectivity index (χ1v) is 5.61. The molecule has 1 unspecified atom stereocenters. The zero-order chi connectivity index (χ0) is 9.10. The predicted molar refractivity (Wildman–Crippen MR) is 52.6 cm³/mol. The van der Waals surface area contributed by atoms with Crippen LogP contribution in [0, 0.1) is 5.92 Å². The van der Waals surface area contributed by atoms with Crippen LogP contribution in [-0.2, 0) is 4.79 Å². The molecule has 0 aromatic rings. The second-order valence-electron chi connectivity index (χ2n) is 4.41. The van der Waals surface area contributed by atoms with E-state index in [0.717, 1.165) is 13.1 Å². The zero-order valence-corrected chi connectivity index (χ0v) is 8.24. The molecule has 2 fully saturated rings. The maximum absolute atomic E-state index is 11.0. The highest BCUT2D eigenvalue weighted by Gasteiger charge is 2.30. The molecule has 2 heteroatoms. The minimum atomic E-state index is 0.255. The molecule has 0 aromatic heterocycles. The van der Waals surface area contributed by atoms with E-state index in [1.807, 2.05) is 0 Å². The highest BCUT2D eigenvalue weighted by atomic mass is 16.1. The van der Waals surface area contributed by atoms with Crippen LogP contribution in [0.25, 0.3) is 0 Å². The van der Waals surface area contributed by atoms with Gasteiger partial charge in [-0.05, 0) is 44.7 Å². The monoisotopic (exact) mass is 181 g/mol. The highest BCUT2D eigenvalue weighted by Crippen LogP contribution is 2.30. The Morgan fingerprint density at radius 3 is 2.23 bits per heavy atom. The Hall–Kier alpha value is -0.370. The smallest absolute Gasteiger partial charge is 0.137 e. The van der Waals surface area contributed by atoms with Crippen LogP contribution >= 0.6 is 0 Å². The Balaban J connectivity index is 1.94. The molecule has 0 spiro atoms. The first-order chi connectivity index (χ1) is 6.42. The van der Waals surface area contributed by atoms with Crippen molar-refractivity contribution >= 4 is 6.29 Å². The van der Waals surface area contributed by atoms with Crippen LogP contribution in [-0.4, -0.2) is 30.3 Å². The van der Waals surface area contributed by atoms with E-state index in [2.05, 4.69) is 4.90 Å². The van der Waals surface area contributed by atoms with Crippen LogP contribution in [0.5, 0.6) is 0 Å². The Bertz CT molecular complexity index is 153. The van der Waals surface area contributed by atoms with Gasteiger partial charge >= 0.3 is 0 Å². The quantitative estimate of drug-likeness (QED) is 0.619. The number of carbonyl (C=O) groups excluding carboxylic acids is 1. The lowest BCUT2D eigenvalue weighted by molar-refractivity contribution is -0.113. The molecule has 74 valence electrons. The summed E-state index contributed by atoms with van der Waals surface area (Å²) in [5.74, 6) is 0.676. The lowest BCUT2D eigenvalue weighted by atomic mass is 9.98. The molecule has 2 aliphatic rings. The van der Waals surface area contributed by atoms with Gasteiger partial charge in [-0.2, -0.15) is 0 Å². The van der Waals surface area contributed by atoms with Crippen LogP contribution in [0.3, 0.4) is 0 Å². The normalized spacial score (nSPS) is 28.0. The van der Waals surface area contributed by atoms with Crippen molar-refractivity contribution in [3.05, 3.63) is 0 Å². The Morgan fingerprint density at radius 1 is 1.08 bits per heavy atom. The van der Waals surface area contributed by atoms with Gasteiger partial charge in [0.05, 0.1) is 6.04 Å². The number of aldehydes is 1. The molecule has 1 atom stereocenters. The summed E-state index contributed by atoms with van der Waals surface area (Å²) in [5, 5.41) is 0. The molecule has 1 aliphatic carbocycles. The summed E-state index contributed by atoms with van der Waals surface area (Å²) in [4.78, 5) is 13.4. The van der Waals surface area contributed by atoms with E-state index in [-0.39, 0.29) is 6.04 Å². The summed E-state index contributed by atoms with van der Waals surface area (Å²) >= 11 is 0. The molecule has 0 bridgehead atoms. The van der Waals surface area contributed by atoms with Crippen molar-refractivity contribution in [2.24, 2.45) is 5.92 Å². The van der Waals surface area contributed by atoms with Crippen LogP contribution in [0.2, 0.25) is 0 Å². The molecular formula is C11H19NO. The van der Waals surface area contributed by atoms with Gasteiger partial charge in [-0.15, -0.1) is 0 Å². The van der Waals surface area contributed by atoms with E-state index in [1.54, 1.807) is 0 Å². The molecule has 2 rings (SSSR count). The van der Waals surface area contributed by atoms with E-state index in [9.17, 15) is 4.79 Å². The van der Waals surface area contributed by atoms with Crippen LogP contribution in [0.4, 0.5) is 0 Å². The standard InChI is InChI=1S/C11H19NO/c13-9-11(10-5-1-2-6-10)12-7-3-4-8-12/h9-11H,1-8H2. The van der Waals surface area contributed by atoms with Gasteiger partial charge in [-0.25, -0.2) is 0 Å². The van der Waals surface area contributed by atoms with E-state index >= 15 is 0 Å². The third kappa shape index (κ3) is 1.93. The summed E-state index contributed by atoms with van der Waals surface area (Å²) in [7, 11) is 0. The van der Waals surface area contributed by atoms with Crippen molar-refractivity contribution < 1.29 is 4.79 Å². The molecule has 0 amide bonds. The maximum Gasteiger partial charge on any atom is 0.137 e. The van der Waals surface area contributed by atoms with Crippen molar-refractivity contribution in [3.63, 3.8) is 0 Å². The van der Waals surface area contributed by atoms with Gasteiger partial charge in [0.2, 0.25) is 0 Å². The Labute approximate surface area is 80.3 Å². The third-order valence-corrected chi connectivity index (χ3v) is 3.58. The fraction of sp³-hybridized carbons (Fsp3) is 0.909. The van der Waals surface area contributed by atoms with Gasteiger partial charge in [0.15, 0.2) is 0 Å². The molecule has 1 aliphatic heterocycles. The van der Waals surface area contributed by atoms with Crippen LogP contribution < -0.4 is 0 Å². The molecule has 2 nitrogen and oxygen atoms in total.